The number of amides is 1. The SMILES string of the molecule is CCCCOc1ccccc1C(=O)NC(=S)Nc1ccc(S(N)(=O)=O)cc1. The number of nitrogens with two attached hydrogens (primary N) is 1. The van der Waals surface area contributed by atoms with Gasteiger partial charge in [0.2, 0.25) is 10.0 Å². The number of unbranched alkanes of at least 4 members (excludes halogenated alkanes) is 1. The van der Waals surface area contributed by atoms with Crippen molar-refractivity contribution < 1.29 is 17.9 Å². The number of thiocarbonyl (C=S) groups is 1. The second kappa shape index (κ2) is 9.45. The highest BCUT2D eigenvalue weighted by Crippen LogP contribution is 2.18. The first-order valence-electron chi connectivity index (χ1n) is 8.28. The van der Waals surface area contributed by atoms with E-state index >= 15 is 0 Å². The van der Waals surface area contributed by atoms with Crippen LogP contribution in [0.3, 0.4) is 0 Å². The third-order valence-electron chi connectivity index (χ3n) is 3.55. The van der Waals surface area contributed by atoms with Crippen molar-refractivity contribution in [1.29, 1.82) is 0 Å². The molecule has 0 saturated carbocycles. The van der Waals surface area contributed by atoms with Crippen LogP contribution in [-0.2, 0) is 10.0 Å². The van der Waals surface area contributed by atoms with Gasteiger partial charge in [0.1, 0.15) is 5.75 Å². The van der Waals surface area contributed by atoms with Crippen molar-refractivity contribution in [2.24, 2.45) is 5.14 Å². The van der Waals surface area contributed by atoms with E-state index in [9.17, 15) is 13.2 Å². The molecule has 1 amide bonds. The quantitative estimate of drug-likeness (QED) is 0.481. The number of sulfonamides is 1. The van der Waals surface area contributed by atoms with Crippen LogP contribution in [0.4, 0.5) is 5.69 Å². The summed E-state index contributed by atoms with van der Waals surface area (Å²) in [4.78, 5) is 12.5. The summed E-state index contributed by atoms with van der Waals surface area (Å²) in [7, 11) is -3.76. The number of ether oxygens (including phenoxy) is 1. The number of carbonyl (C=O) groups excluding carboxylic acids is 1. The Kier molecular flexibility index (Phi) is 7.28. The maximum Gasteiger partial charge on any atom is 0.261 e. The van der Waals surface area contributed by atoms with E-state index in [0.717, 1.165) is 12.8 Å². The molecule has 2 aromatic rings. The molecule has 0 aromatic heterocycles. The Morgan fingerprint density at radius 2 is 1.81 bits per heavy atom. The van der Waals surface area contributed by atoms with Crippen molar-refractivity contribution in [3.63, 3.8) is 0 Å². The molecule has 27 heavy (non-hydrogen) atoms. The fourth-order valence-corrected chi connectivity index (χ4v) is 2.89. The van der Waals surface area contributed by atoms with Crippen LogP contribution in [0.2, 0.25) is 0 Å². The zero-order chi connectivity index (χ0) is 19.9. The number of hydrogen-bond donors (Lipinski definition) is 3. The lowest BCUT2D eigenvalue weighted by atomic mass is 10.2. The molecule has 0 radical (unpaired) electrons. The van der Waals surface area contributed by atoms with Crippen molar-refractivity contribution in [3.05, 3.63) is 54.1 Å². The van der Waals surface area contributed by atoms with E-state index in [-0.39, 0.29) is 10.0 Å². The first-order chi connectivity index (χ1) is 12.8. The zero-order valence-corrected chi connectivity index (χ0v) is 16.4. The van der Waals surface area contributed by atoms with E-state index in [2.05, 4.69) is 17.6 Å². The molecule has 0 fully saturated rings. The standard InChI is InChI=1S/C18H21N3O4S2/c1-2-3-12-25-16-7-5-4-6-15(16)17(22)21-18(26)20-13-8-10-14(11-9-13)27(19,23)24/h4-11H,2-3,12H2,1H3,(H2,19,23,24)(H2,20,21,22,26). The van der Waals surface area contributed by atoms with Gasteiger partial charge in [-0.25, -0.2) is 13.6 Å². The molecule has 0 spiro atoms. The molecule has 0 saturated heterocycles. The summed E-state index contributed by atoms with van der Waals surface area (Å²) in [6, 6.07) is 12.6. The summed E-state index contributed by atoms with van der Waals surface area (Å²) < 4.78 is 28.2. The number of nitrogens with one attached hydrogen (secondary N) is 2. The highest BCUT2D eigenvalue weighted by Gasteiger charge is 2.14. The largest absolute Gasteiger partial charge is 0.493 e. The summed E-state index contributed by atoms with van der Waals surface area (Å²) in [6.07, 6.45) is 1.89. The van der Waals surface area contributed by atoms with Crippen LogP contribution in [0.15, 0.2) is 53.4 Å². The predicted octanol–water partition coefficient (Wildman–Crippen LogP) is 2.64. The van der Waals surface area contributed by atoms with Gasteiger partial charge in [0.25, 0.3) is 5.91 Å². The third kappa shape index (κ3) is 6.31. The van der Waals surface area contributed by atoms with Gasteiger partial charge in [-0.3, -0.25) is 10.1 Å². The Hall–Kier alpha value is -2.49. The summed E-state index contributed by atoms with van der Waals surface area (Å²) >= 11 is 5.14. The van der Waals surface area contributed by atoms with Crippen LogP contribution >= 0.6 is 12.2 Å². The fraction of sp³-hybridized carbons (Fsp3) is 0.222. The number of carbonyl (C=O) groups is 1. The Bertz CT molecular complexity index is 912. The van der Waals surface area contributed by atoms with Crippen LogP contribution in [0.25, 0.3) is 0 Å². The third-order valence-corrected chi connectivity index (χ3v) is 4.69. The lowest BCUT2D eigenvalue weighted by molar-refractivity contribution is 0.0973. The van der Waals surface area contributed by atoms with Gasteiger partial charge in [-0.15, -0.1) is 0 Å². The lowest BCUT2D eigenvalue weighted by Crippen LogP contribution is -2.34. The Morgan fingerprint density at radius 1 is 1.15 bits per heavy atom. The minimum atomic E-state index is -3.76. The predicted molar refractivity (Wildman–Crippen MR) is 108 cm³/mol. The molecule has 0 aliphatic rings. The molecule has 0 aliphatic carbocycles. The van der Waals surface area contributed by atoms with Gasteiger partial charge < -0.3 is 10.1 Å². The number of primary sulfonamides is 1. The van der Waals surface area contributed by atoms with E-state index < -0.39 is 15.9 Å². The van der Waals surface area contributed by atoms with Gasteiger partial charge in [0, 0.05) is 5.69 Å². The molecular formula is C18H21N3O4S2. The van der Waals surface area contributed by atoms with E-state index in [4.69, 9.17) is 22.1 Å². The van der Waals surface area contributed by atoms with E-state index in [1.807, 2.05) is 0 Å². The Labute approximate surface area is 164 Å². The topological polar surface area (TPSA) is 111 Å². The molecule has 0 unspecified atom stereocenters. The van der Waals surface area contributed by atoms with Crippen LogP contribution in [0.5, 0.6) is 5.75 Å². The maximum atomic E-state index is 12.5. The van der Waals surface area contributed by atoms with Crippen molar-refractivity contribution in [1.82, 2.24) is 5.32 Å². The Morgan fingerprint density at radius 3 is 2.44 bits per heavy atom. The van der Waals surface area contributed by atoms with Gasteiger partial charge in [-0.1, -0.05) is 25.5 Å². The second-order valence-corrected chi connectivity index (χ2v) is 7.65. The first-order valence-corrected chi connectivity index (χ1v) is 10.2. The minimum Gasteiger partial charge on any atom is -0.493 e. The second-order valence-electron chi connectivity index (χ2n) is 5.68. The number of para-hydroxylation sites is 1. The molecular weight excluding hydrogens is 386 g/mol. The molecule has 2 aromatic carbocycles. The zero-order valence-electron chi connectivity index (χ0n) is 14.8. The highest BCUT2D eigenvalue weighted by molar-refractivity contribution is 7.89. The van der Waals surface area contributed by atoms with Gasteiger partial charge in [0.15, 0.2) is 5.11 Å². The number of benzene rings is 2. The van der Waals surface area contributed by atoms with Crippen LogP contribution < -0.4 is 20.5 Å². The number of anilines is 1. The summed E-state index contributed by atoms with van der Waals surface area (Å²) in [5.74, 6) is 0.0875. The molecule has 9 heteroatoms. The minimum absolute atomic E-state index is 0.0128. The van der Waals surface area contributed by atoms with Crippen LogP contribution in [0.1, 0.15) is 30.1 Å². The molecule has 2 rings (SSSR count). The van der Waals surface area contributed by atoms with Gasteiger partial charge >= 0.3 is 0 Å². The smallest absolute Gasteiger partial charge is 0.261 e. The Balaban J connectivity index is 2.00. The fourth-order valence-electron chi connectivity index (χ4n) is 2.17. The maximum absolute atomic E-state index is 12.5. The van der Waals surface area contributed by atoms with Crippen LogP contribution in [0, 0.1) is 0 Å². The van der Waals surface area contributed by atoms with Crippen LogP contribution in [-0.4, -0.2) is 26.0 Å². The number of rotatable bonds is 7. The van der Waals surface area contributed by atoms with E-state index in [1.54, 1.807) is 24.3 Å². The summed E-state index contributed by atoms with van der Waals surface area (Å²) in [6.45, 7) is 2.58. The molecule has 0 aliphatic heterocycles. The first kappa shape index (κ1) is 20.8. The van der Waals surface area contributed by atoms with Crippen molar-refractivity contribution in [3.8, 4) is 5.75 Å². The van der Waals surface area contributed by atoms with E-state index in [1.165, 1.54) is 24.3 Å². The van der Waals surface area contributed by atoms with Gasteiger partial charge in [0.05, 0.1) is 17.1 Å². The molecule has 4 N–H and O–H groups in total. The molecule has 0 atom stereocenters. The summed E-state index contributed by atoms with van der Waals surface area (Å²) in [5, 5.41) is 10.5. The van der Waals surface area contributed by atoms with Gasteiger partial charge in [-0.05, 0) is 55.0 Å². The highest BCUT2D eigenvalue weighted by atomic mass is 32.2. The monoisotopic (exact) mass is 407 g/mol. The van der Waals surface area contributed by atoms with E-state index in [0.29, 0.717) is 23.6 Å². The van der Waals surface area contributed by atoms with Crippen molar-refractivity contribution in [2.75, 3.05) is 11.9 Å². The average Bonchev–Trinajstić information content (AvgIpc) is 2.62. The summed E-state index contributed by atoms with van der Waals surface area (Å²) in [5.41, 5.74) is 0.891. The normalized spacial score (nSPS) is 10.9. The molecule has 144 valence electrons. The van der Waals surface area contributed by atoms with Gasteiger partial charge in [-0.2, -0.15) is 0 Å². The molecule has 7 nitrogen and oxygen atoms in total. The lowest BCUT2D eigenvalue weighted by Gasteiger charge is -2.13. The molecule has 0 heterocycles. The molecule has 0 bridgehead atoms. The van der Waals surface area contributed by atoms with Crippen molar-refractivity contribution >= 4 is 38.9 Å². The number of hydrogen-bond acceptors (Lipinski definition) is 5. The average molecular weight is 408 g/mol. The van der Waals surface area contributed by atoms with Crippen molar-refractivity contribution in [2.45, 2.75) is 24.7 Å².